The predicted octanol–water partition coefficient (Wildman–Crippen LogP) is 2.55. The van der Waals surface area contributed by atoms with Gasteiger partial charge >= 0.3 is 5.76 Å². The van der Waals surface area contributed by atoms with Gasteiger partial charge in [0.2, 0.25) is 0 Å². The molecule has 0 fully saturated rings. The van der Waals surface area contributed by atoms with Gasteiger partial charge in [-0.1, -0.05) is 11.6 Å². The third-order valence-electron chi connectivity index (χ3n) is 1.83. The maximum atomic E-state index is 11.1. The van der Waals surface area contributed by atoms with E-state index in [2.05, 4.69) is 15.9 Å². The van der Waals surface area contributed by atoms with Crippen LogP contribution in [0.3, 0.4) is 0 Å². The van der Waals surface area contributed by atoms with Gasteiger partial charge in [0.15, 0.2) is 5.58 Å². The van der Waals surface area contributed by atoms with E-state index in [1.807, 2.05) is 0 Å². The zero-order chi connectivity index (χ0) is 9.59. The third kappa shape index (κ3) is 1.30. The molecule has 0 saturated heterocycles. The molecule has 0 aliphatic rings. The first-order valence-electron chi connectivity index (χ1n) is 3.54. The number of fused-ring (bicyclic) bond motifs is 1. The standard InChI is InChI=1S/C8H5BrClNO2/c1-11-6-2-4(9)5(10)3-7(6)13-8(11)12/h2-3H,1H3. The summed E-state index contributed by atoms with van der Waals surface area (Å²) in [5.41, 5.74) is 1.22. The Kier molecular flexibility index (Phi) is 1.96. The SMILES string of the molecule is Cn1c(=O)oc2cc(Cl)c(Br)cc21. The molecule has 0 radical (unpaired) electrons. The van der Waals surface area contributed by atoms with E-state index in [1.54, 1.807) is 19.2 Å². The predicted molar refractivity (Wildman–Crippen MR) is 54.2 cm³/mol. The largest absolute Gasteiger partial charge is 0.419 e. The Morgan fingerprint density at radius 1 is 1.54 bits per heavy atom. The minimum atomic E-state index is -0.385. The molecule has 0 N–H and O–H groups in total. The van der Waals surface area contributed by atoms with Gasteiger partial charge in [-0.25, -0.2) is 4.79 Å². The van der Waals surface area contributed by atoms with Crippen LogP contribution in [0, 0.1) is 0 Å². The maximum Gasteiger partial charge on any atom is 0.419 e. The number of hydrogen-bond acceptors (Lipinski definition) is 2. The second-order valence-corrected chi connectivity index (χ2v) is 3.92. The first-order valence-corrected chi connectivity index (χ1v) is 4.71. The molecule has 0 unspecified atom stereocenters. The molecular formula is C8H5BrClNO2. The highest BCUT2D eigenvalue weighted by Crippen LogP contribution is 2.27. The Bertz CT molecular complexity index is 529. The molecular weight excluding hydrogens is 257 g/mol. The van der Waals surface area contributed by atoms with E-state index in [1.165, 1.54) is 4.57 Å². The van der Waals surface area contributed by atoms with Gasteiger partial charge in [-0.15, -0.1) is 0 Å². The van der Waals surface area contributed by atoms with Crippen LogP contribution in [-0.2, 0) is 7.05 Å². The molecule has 0 bridgehead atoms. The Morgan fingerprint density at radius 2 is 2.23 bits per heavy atom. The molecule has 0 spiro atoms. The number of aromatic nitrogens is 1. The number of rotatable bonds is 0. The van der Waals surface area contributed by atoms with Crippen LogP contribution in [0.2, 0.25) is 5.02 Å². The lowest BCUT2D eigenvalue weighted by molar-refractivity contribution is 0.528. The highest BCUT2D eigenvalue weighted by atomic mass is 79.9. The van der Waals surface area contributed by atoms with Crippen molar-refractivity contribution in [1.29, 1.82) is 0 Å². The van der Waals surface area contributed by atoms with Crippen molar-refractivity contribution in [3.8, 4) is 0 Å². The lowest BCUT2D eigenvalue weighted by Crippen LogP contribution is -2.08. The molecule has 5 heteroatoms. The molecule has 0 aliphatic carbocycles. The van der Waals surface area contributed by atoms with E-state index in [9.17, 15) is 4.79 Å². The van der Waals surface area contributed by atoms with Gasteiger partial charge in [0.05, 0.1) is 10.5 Å². The van der Waals surface area contributed by atoms with E-state index in [-0.39, 0.29) is 5.76 Å². The average Bonchev–Trinajstić information content (AvgIpc) is 2.32. The normalized spacial score (nSPS) is 11.0. The highest BCUT2D eigenvalue weighted by molar-refractivity contribution is 9.10. The van der Waals surface area contributed by atoms with E-state index in [0.717, 1.165) is 9.99 Å². The van der Waals surface area contributed by atoms with Crippen molar-refractivity contribution >= 4 is 38.6 Å². The smallest absolute Gasteiger partial charge is 0.408 e. The molecule has 0 aliphatic heterocycles. The summed E-state index contributed by atoms with van der Waals surface area (Å²) in [6, 6.07) is 3.37. The van der Waals surface area contributed by atoms with Gasteiger partial charge in [-0.05, 0) is 22.0 Å². The van der Waals surface area contributed by atoms with E-state index >= 15 is 0 Å². The zero-order valence-corrected chi connectivity index (χ0v) is 9.02. The van der Waals surface area contributed by atoms with Crippen molar-refractivity contribution in [2.24, 2.45) is 7.05 Å². The summed E-state index contributed by atoms with van der Waals surface area (Å²) in [6.45, 7) is 0. The van der Waals surface area contributed by atoms with Crippen LogP contribution in [0.25, 0.3) is 11.1 Å². The highest BCUT2D eigenvalue weighted by Gasteiger charge is 2.08. The van der Waals surface area contributed by atoms with Gasteiger partial charge < -0.3 is 4.42 Å². The fraction of sp³-hybridized carbons (Fsp3) is 0.125. The van der Waals surface area contributed by atoms with E-state index < -0.39 is 0 Å². The second kappa shape index (κ2) is 2.89. The lowest BCUT2D eigenvalue weighted by atomic mass is 10.3. The van der Waals surface area contributed by atoms with Crippen molar-refractivity contribution in [3.05, 3.63) is 32.2 Å². The molecule has 0 saturated carbocycles. The Labute approximate surface area is 87.0 Å². The van der Waals surface area contributed by atoms with Crippen LogP contribution in [0.1, 0.15) is 0 Å². The third-order valence-corrected chi connectivity index (χ3v) is 3.03. The maximum absolute atomic E-state index is 11.1. The summed E-state index contributed by atoms with van der Waals surface area (Å²) in [7, 11) is 1.65. The summed E-state index contributed by atoms with van der Waals surface area (Å²) in [5, 5.41) is 0.529. The topological polar surface area (TPSA) is 35.1 Å². The lowest BCUT2D eigenvalue weighted by Gasteiger charge is -1.95. The Balaban J connectivity index is 2.97. The average molecular weight is 262 g/mol. The number of oxazole rings is 1. The van der Waals surface area contributed by atoms with Crippen molar-refractivity contribution in [1.82, 2.24) is 4.57 Å². The monoisotopic (exact) mass is 261 g/mol. The molecule has 2 aromatic rings. The molecule has 1 heterocycles. The fourth-order valence-electron chi connectivity index (χ4n) is 1.12. The van der Waals surface area contributed by atoms with Gasteiger partial charge in [0, 0.05) is 17.6 Å². The van der Waals surface area contributed by atoms with Crippen LogP contribution in [0.15, 0.2) is 25.8 Å². The summed E-state index contributed by atoms with van der Waals surface area (Å²) < 4.78 is 7.11. The zero-order valence-electron chi connectivity index (χ0n) is 6.67. The summed E-state index contributed by atoms with van der Waals surface area (Å²) in [5.74, 6) is -0.385. The summed E-state index contributed by atoms with van der Waals surface area (Å²) >= 11 is 9.10. The van der Waals surface area contributed by atoms with Crippen LogP contribution < -0.4 is 5.76 Å². The first-order chi connectivity index (χ1) is 6.09. The second-order valence-electron chi connectivity index (χ2n) is 2.66. The number of benzene rings is 1. The van der Waals surface area contributed by atoms with Crippen molar-refractivity contribution in [3.63, 3.8) is 0 Å². The van der Waals surface area contributed by atoms with Crippen molar-refractivity contribution in [2.45, 2.75) is 0 Å². The van der Waals surface area contributed by atoms with Crippen molar-refractivity contribution in [2.75, 3.05) is 0 Å². The summed E-state index contributed by atoms with van der Waals surface area (Å²) in [6.07, 6.45) is 0. The number of aryl methyl sites for hydroxylation is 1. The molecule has 13 heavy (non-hydrogen) atoms. The number of halogens is 2. The number of hydrogen-bond donors (Lipinski definition) is 0. The quantitative estimate of drug-likeness (QED) is 0.731. The van der Waals surface area contributed by atoms with E-state index in [0.29, 0.717) is 10.6 Å². The Morgan fingerprint density at radius 3 is 2.92 bits per heavy atom. The molecule has 2 rings (SSSR count). The molecule has 3 nitrogen and oxygen atoms in total. The Hall–Kier alpha value is -0.740. The fourth-order valence-corrected chi connectivity index (χ4v) is 1.61. The van der Waals surface area contributed by atoms with Crippen LogP contribution in [0.5, 0.6) is 0 Å². The molecule has 1 aromatic carbocycles. The number of nitrogens with zero attached hydrogens (tertiary/aromatic N) is 1. The first kappa shape index (κ1) is 8.84. The molecule has 0 atom stereocenters. The molecule has 68 valence electrons. The van der Waals surface area contributed by atoms with Crippen molar-refractivity contribution < 1.29 is 4.42 Å². The van der Waals surface area contributed by atoms with Gasteiger partial charge in [-0.2, -0.15) is 0 Å². The molecule has 1 aromatic heterocycles. The van der Waals surface area contributed by atoms with Gasteiger partial charge in [-0.3, -0.25) is 4.57 Å². The van der Waals surface area contributed by atoms with E-state index in [4.69, 9.17) is 16.0 Å². The minimum Gasteiger partial charge on any atom is -0.408 e. The molecule has 0 amide bonds. The van der Waals surface area contributed by atoms with Crippen LogP contribution in [0.4, 0.5) is 0 Å². The van der Waals surface area contributed by atoms with Gasteiger partial charge in [0.1, 0.15) is 0 Å². The summed E-state index contributed by atoms with van der Waals surface area (Å²) in [4.78, 5) is 11.1. The minimum absolute atomic E-state index is 0.385. The van der Waals surface area contributed by atoms with Crippen LogP contribution in [-0.4, -0.2) is 4.57 Å². The van der Waals surface area contributed by atoms with Crippen LogP contribution >= 0.6 is 27.5 Å². The van der Waals surface area contributed by atoms with Gasteiger partial charge in [0.25, 0.3) is 0 Å².